The second-order valence-electron chi connectivity index (χ2n) is 4.76. The van der Waals surface area contributed by atoms with Gasteiger partial charge < -0.3 is 10.4 Å². The van der Waals surface area contributed by atoms with Gasteiger partial charge in [-0.3, -0.25) is 4.79 Å². The van der Waals surface area contributed by atoms with Crippen LogP contribution >= 0.6 is 15.9 Å². The fourth-order valence-corrected chi connectivity index (χ4v) is 2.98. The standard InChI is InChI=1S/C13H15BrFNO2/c1-6-3-9(14)12(15)11(7(6)2)10-4-8(5-16-10)13(17)18/h3,8,10,16H,4-5H2,1-2H3,(H,17,18). The van der Waals surface area contributed by atoms with Crippen LogP contribution in [0, 0.1) is 25.6 Å². The smallest absolute Gasteiger partial charge is 0.307 e. The topological polar surface area (TPSA) is 49.3 Å². The SMILES string of the molecule is Cc1cc(Br)c(F)c(C2CC(C(=O)O)CN2)c1C. The molecule has 0 aliphatic carbocycles. The number of carboxylic acids is 1. The van der Waals surface area contributed by atoms with Gasteiger partial charge in [-0.2, -0.15) is 0 Å². The van der Waals surface area contributed by atoms with Gasteiger partial charge in [-0.1, -0.05) is 0 Å². The maximum absolute atomic E-state index is 14.2. The number of rotatable bonds is 2. The molecule has 1 aliphatic heterocycles. The van der Waals surface area contributed by atoms with Crippen LogP contribution in [0.2, 0.25) is 0 Å². The minimum Gasteiger partial charge on any atom is -0.481 e. The number of halogens is 2. The first-order valence-electron chi connectivity index (χ1n) is 5.83. The third kappa shape index (κ3) is 2.29. The lowest BCUT2D eigenvalue weighted by Crippen LogP contribution is -2.18. The fourth-order valence-electron chi connectivity index (χ4n) is 2.43. The maximum atomic E-state index is 14.2. The van der Waals surface area contributed by atoms with Crippen molar-refractivity contribution >= 4 is 21.9 Å². The van der Waals surface area contributed by atoms with Crippen molar-refractivity contribution in [1.29, 1.82) is 0 Å². The lowest BCUT2D eigenvalue weighted by molar-refractivity contribution is -0.141. The molecule has 2 atom stereocenters. The molecule has 0 spiro atoms. The molecule has 2 rings (SSSR count). The van der Waals surface area contributed by atoms with E-state index in [4.69, 9.17) is 5.11 Å². The molecular formula is C13H15BrFNO2. The van der Waals surface area contributed by atoms with Gasteiger partial charge >= 0.3 is 5.97 Å². The highest BCUT2D eigenvalue weighted by Gasteiger charge is 2.33. The van der Waals surface area contributed by atoms with Gasteiger partial charge in [0, 0.05) is 18.2 Å². The highest BCUT2D eigenvalue weighted by atomic mass is 79.9. The van der Waals surface area contributed by atoms with Gasteiger partial charge in [-0.15, -0.1) is 0 Å². The second kappa shape index (κ2) is 4.97. The van der Waals surface area contributed by atoms with E-state index >= 15 is 0 Å². The first kappa shape index (κ1) is 13.5. The molecule has 0 bridgehead atoms. The van der Waals surface area contributed by atoms with Crippen LogP contribution < -0.4 is 5.32 Å². The third-order valence-corrected chi connectivity index (χ3v) is 4.19. The van der Waals surface area contributed by atoms with Crippen molar-refractivity contribution in [2.75, 3.05) is 6.54 Å². The van der Waals surface area contributed by atoms with E-state index in [1.165, 1.54) is 0 Å². The van der Waals surface area contributed by atoms with Crippen LogP contribution in [0.3, 0.4) is 0 Å². The van der Waals surface area contributed by atoms with E-state index in [2.05, 4.69) is 21.2 Å². The zero-order valence-corrected chi connectivity index (χ0v) is 11.8. The molecule has 1 heterocycles. The lowest BCUT2D eigenvalue weighted by atomic mass is 9.93. The summed E-state index contributed by atoms with van der Waals surface area (Å²) < 4.78 is 14.6. The monoisotopic (exact) mass is 315 g/mol. The molecule has 18 heavy (non-hydrogen) atoms. The van der Waals surface area contributed by atoms with Crippen molar-refractivity contribution in [2.24, 2.45) is 5.92 Å². The van der Waals surface area contributed by atoms with E-state index in [1.54, 1.807) is 6.07 Å². The molecule has 3 nitrogen and oxygen atoms in total. The zero-order chi connectivity index (χ0) is 13.4. The molecule has 5 heteroatoms. The summed E-state index contributed by atoms with van der Waals surface area (Å²) in [6.45, 7) is 4.19. The Morgan fingerprint density at radius 2 is 2.22 bits per heavy atom. The number of aliphatic carboxylic acids is 1. The van der Waals surface area contributed by atoms with Crippen LogP contribution in [0.25, 0.3) is 0 Å². The number of benzene rings is 1. The van der Waals surface area contributed by atoms with Gasteiger partial charge in [-0.05, 0) is 53.4 Å². The molecule has 1 aromatic rings. The van der Waals surface area contributed by atoms with E-state index in [-0.39, 0.29) is 11.9 Å². The number of nitrogens with one attached hydrogen (secondary N) is 1. The summed E-state index contributed by atoms with van der Waals surface area (Å²) in [5, 5.41) is 12.1. The average Bonchev–Trinajstić information content (AvgIpc) is 2.76. The van der Waals surface area contributed by atoms with Crippen molar-refractivity contribution in [3.8, 4) is 0 Å². The molecule has 0 aromatic heterocycles. The van der Waals surface area contributed by atoms with Crippen LogP contribution in [0.4, 0.5) is 4.39 Å². The second-order valence-corrected chi connectivity index (χ2v) is 5.61. The highest BCUT2D eigenvalue weighted by Crippen LogP contribution is 2.35. The Balaban J connectivity index is 2.38. The summed E-state index contributed by atoms with van der Waals surface area (Å²) >= 11 is 3.20. The van der Waals surface area contributed by atoms with Gasteiger partial charge in [0.15, 0.2) is 0 Å². The van der Waals surface area contributed by atoms with Gasteiger partial charge in [0.05, 0.1) is 10.4 Å². The van der Waals surface area contributed by atoms with Crippen LogP contribution in [0.5, 0.6) is 0 Å². The lowest BCUT2D eigenvalue weighted by Gasteiger charge is -2.18. The minimum absolute atomic E-state index is 0.220. The predicted molar refractivity (Wildman–Crippen MR) is 70.1 cm³/mol. The summed E-state index contributed by atoms with van der Waals surface area (Å²) in [4.78, 5) is 10.9. The Morgan fingerprint density at radius 3 is 2.78 bits per heavy atom. The van der Waals surface area contributed by atoms with Crippen LogP contribution in [-0.4, -0.2) is 17.6 Å². The average molecular weight is 316 g/mol. The first-order chi connectivity index (χ1) is 8.41. The van der Waals surface area contributed by atoms with E-state index < -0.39 is 11.9 Å². The molecular weight excluding hydrogens is 301 g/mol. The fraction of sp³-hybridized carbons (Fsp3) is 0.462. The molecule has 0 amide bonds. The van der Waals surface area contributed by atoms with E-state index in [9.17, 15) is 9.18 Å². The number of aryl methyl sites for hydroxylation is 1. The van der Waals surface area contributed by atoms with Crippen molar-refractivity contribution in [2.45, 2.75) is 26.3 Å². The quantitative estimate of drug-likeness (QED) is 0.882. The Labute approximate surface area is 114 Å². The summed E-state index contributed by atoms with van der Waals surface area (Å²) in [5.74, 6) is -1.55. The largest absolute Gasteiger partial charge is 0.481 e. The van der Waals surface area contributed by atoms with Crippen molar-refractivity contribution in [3.63, 3.8) is 0 Å². The number of hydrogen-bond acceptors (Lipinski definition) is 2. The molecule has 1 aromatic carbocycles. The van der Waals surface area contributed by atoms with Crippen LogP contribution in [-0.2, 0) is 4.79 Å². The van der Waals surface area contributed by atoms with Crippen molar-refractivity contribution < 1.29 is 14.3 Å². The van der Waals surface area contributed by atoms with Crippen LogP contribution in [0.15, 0.2) is 10.5 Å². The van der Waals surface area contributed by atoms with Crippen molar-refractivity contribution in [1.82, 2.24) is 5.32 Å². The third-order valence-electron chi connectivity index (χ3n) is 3.61. The van der Waals surface area contributed by atoms with E-state index in [1.807, 2.05) is 13.8 Å². The van der Waals surface area contributed by atoms with Crippen molar-refractivity contribution in [3.05, 3.63) is 33.0 Å². The Morgan fingerprint density at radius 1 is 1.56 bits per heavy atom. The van der Waals surface area contributed by atoms with Crippen LogP contribution in [0.1, 0.15) is 29.2 Å². The van der Waals surface area contributed by atoms with Gasteiger partial charge in [-0.25, -0.2) is 4.39 Å². The van der Waals surface area contributed by atoms with Gasteiger partial charge in [0.1, 0.15) is 5.82 Å². The summed E-state index contributed by atoms with van der Waals surface area (Å²) in [6, 6.07) is 1.53. The molecule has 1 saturated heterocycles. The summed E-state index contributed by atoms with van der Waals surface area (Å²) in [5.41, 5.74) is 2.48. The number of hydrogen-bond donors (Lipinski definition) is 2. The molecule has 2 N–H and O–H groups in total. The molecule has 1 fully saturated rings. The maximum Gasteiger partial charge on any atom is 0.307 e. The Bertz CT molecular complexity index is 478. The molecule has 2 unspecified atom stereocenters. The van der Waals surface area contributed by atoms with Gasteiger partial charge in [0.2, 0.25) is 0 Å². The van der Waals surface area contributed by atoms with Gasteiger partial charge in [0.25, 0.3) is 0 Å². The molecule has 0 saturated carbocycles. The Kier molecular flexibility index (Phi) is 3.73. The first-order valence-corrected chi connectivity index (χ1v) is 6.62. The number of carbonyl (C=O) groups is 1. The highest BCUT2D eigenvalue weighted by molar-refractivity contribution is 9.10. The van der Waals surface area contributed by atoms with E-state index in [0.29, 0.717) is 23.0 Å². The zero-order valence-electron chi connectivity index (χ0n) is 10.3. The minimum atomic E-state index is -0.824. The molecule has 0 radical (unpaired) electrons. The summed E-state index contributed by atoms with van der Waals surface area (Å²) in [7, 11) is 0. The van der Waals surface area contributed by atoms with E-state index in [0.717, 1.165) is 11.1 Å². The summed E-state index contributed by atoms with van der Waals surface area (Å²) in [6.07, 6.45) is 0.434. The Hall–Kier alpha value is -0.940. The predicted octanol–water partition coefficient (Wildman–Crippen LogP) is 2.94. The normalized spacial score (nSPS) is 23.3. The number of carboxylic acid groups (broad SMARTS) is 1. The molecule has 1 aliphatic rings. The molecule has 98 valence electrons.